The van der Waals surface area contributed by atoms with Crippen LogP contribution in [0.4, 0.5) is 5.69 Å². The van der Waals surface area contributed by atoms with Crippen molar-refractivity contribution in [2.45, 2.75) is 11.5 Å². The molecule has 4 nitrogen and oxygen atoms in total. The van der Waals surface area contributed by atoms with Crippen molar-refractivity contribution in [3.05, 3.63) is 63.4 Å². The average molecular weight is 377 g/mol. The average Bonchev–Trinajstić information content (AvgIpc) is 3.04. The molecule has 0 aliphatic rings. The number of amides is 1. The van der Waals surface area contributed by atoms with E-state index in [1.54, 1.807) is 30.3 Å². The summed E-state index contributed by atoms with van der Waals surface area (Å²) in [7, 11) is 0. The molecular weight excluding hydrogens is 364 g/mol. The van der Waals surface area contributed by atoms with Crippen molar-refractivity contribution in [1.82, 2.24) is 4.98 Å². The van der Waals surface area contributed by atoms with Crippen molar-refractivity contribution < 1.29 is 9.90 Å². The number of aliphatic hydroxyl groups excluding tert-OH is 1. The quantitative estimate of drug-likeness (QED) is 0.587. The maximum Gasteiger partial charge on any atom is 0.257 e. The predicted octanol–water partition coefficient (Wildman–Crippen LogP) is 4.50. The third-order valence-electron chi connectivity index (χ3n) is 3.32. The molecule has 1 aromatic heterocycles. The molecule has 0 aliphatic carbocycles. The predicted molar refractivity (Wildman–Crippen MR) is 100 cm³/mol. The van der Waals surface area contributed by atoms with Crippen molar-refractivity contribution in [3.63, 3.8) is 0 Å². The zero-order chi connectivity index (χ0) is 17.1. The molecule has 0 unspecified atom stereocenters. The van der Waals surface area contributed by atoms with Crippen LogP contribution >= 0.6 is 35.6 Å². The largest absolute Gasteiger partial charge is 0.389 e. The van der Waals surface area contributed by atoms with Gasteiger partial charge in [-0.05, 0) is 30.3 Å². The number of nitrogens with one attached hydrogen (secondary N) is 1. The van der Waals surface area contributed by atoms with Crippen LogP contribution in [0.15, 0.2) is 52.7 Å². The Hall–Kier alpha value is -1.86. The number of aromatic nitrogens is 1. The van der Waals surface area contributed by atoms with Gasteiger partial charge in [0, 0.05) is 21.5 Å². The van der Waals surface area contributed by atoms with Gasteiger partial charge in [-0.1, -0.05) is 23.7 Å². The van der Waals surface area contributed by atoms with Gasteiger partial charge < -0.3 is 10.4 Å². The normalized spacial score (nSPS) is 10.6. The van der Waals surface area contributed by atoms with E-state index >= 15 is 0 Å². The number of aliphatic hydroxyl groups is 1. The third kappa shape index (κ3) is 3.79. The molecule has 0 bridgehead atoms. The summed E-state index contributed by atoms with van der Waals surface area (Å²) in [5, 5.41) is 14.8. The van der Waals surface area contributed by atoms with Gasteiger partial charge in [-0.15, -0.1) is 24.0 Å². The Kier molecular flexibility index (Phi) is 5.20. The van der Waals surface area contributed by atoms with Gasteiger partial charge in [0.2, 0.25) is 0 Å². The minimum absolute atomic E-state index is 0.0648. The molecule has 1 amide bonds. The molecule has 0 atom stereocenters. The lowest BCUT2D eigenvalue weighted by atomic mass is 10.1. The van der Waals surface area contributed by atoms with Crippen LogP contribution in [-0.4, -0.2) is 16.0 Å². The standard InChI is InChI=1S/C17H13ClN2O2S2/c18-14-7-12(23)5-6-13(14)17(22)19-11-3-1-10(2-4-11)15-9-24-16(8-21)20-15/h1-7,9,21,23H,8H2,(H,19,22). The first-order chi connectivity index (χ1) is 11.6. The number of benzene rings is 2. The molecule has 2 aromatic carbocycles. The van der Waals surface area contributed by atoms with Crippen LogP contribution in [0.25, 0.3) is 11.3 Å². The molecule has 3 rings (SSSR count). The Morgan fingerprint density at radius 1 is 1.25 bits per heavy atom. The summed E-state index contributed by atoms with van der Waals surface area (Å²) in [5.74, 6) is -0.280. The summed E-state index contributed by atoms with van der Waals surface area (Å²) in [4.78, 5) is 17.3. The van der Waals surface area contributed by atoms with Gasteiger partial charge in [-0.2, -0.15) is 0 Å². The van der Waals surface area contributed by atoms with Crippen LogP contribution in [-0.2, 0) is 6.61 Å². The van der Waals surface area contributed by atoms with E-state index in [9.17, 15) is 4.79 Å². The van der Waals surface area contributed by atoms with E-state index in [2.05, 4.69) is 22.9 Å². The minimum Gasteiger partial charge on any atom is -0.389 e. The fraction of sp³-hybridized carbons (Fsp3) is 0.0588. The molecule has 0 fully saturated rings. The van der Waals surface area contributed by atoms with E-state index in [-0.39, 0.29) is 12.5 Å². The highest BCUT2D eigenvalue weighted by atomic mass is 35.5. The summed E-state index contributed by atoms with van der Waals surface area (Å²) in [5.41, 5.74) is 2.77. The maximum atomic E-state index is 12.3. The molecule has 2 N–H and O–H groups in total. The Balaban J connectivity index is 1.75. The van der Waals surface area contributed by atoms with E-state index < -0.39 is 0 Å². The number of carbonyl (C=O) groups excluding carboxylic acids is 1. The lowest BCUT2D eigenvalue weighted by Crippen LogP contribution is -2.12. The van der Waals surface area contributed by atoms with Crippen LogP contribution in [0, 0.1) is 0 Å². The SMILES string of the molecule is O=C(Nc1ccc(-c2csc(CO)n2)cc1)c1ccc(S)cc1Cl. The lowest BCUT2D eigenvalue weighted by molar-refractivity contribution is 0.102. The zero-order valence-electron chi connectivity index (χ0n) is 12.4. The summed E-state index contributed by atoms with van der Waals surface area (Å²) in [6, 6.07) is 12.3. The second-order valence-electron chi connectivity index (χ2n) is 4.98. The third-order valence-corrected chi connectivity index (χ3v) is 4.75. The fourth-order valence-electron chi connectivity index (χ4n) is 2.13. The summed E-state index contributed by atoms with van der Waals surface area (Å²) < 4.78 is 0. The smallest absolute Gasteiger partial charge is 0.257 e. The number of nitrogens with zero attached hydrogens (tertiary/aromatic N) is 1. The van der Waals surface area contributed by atoms with Crippen LogP contribution in [0.5, 0.6) is 0 Å². The van der Waals surface area contributed by atoms with Crippen LogP contribution in [0.2, 0.25) is 5.02 Å². The number of rotatable bonds is 4. The van der Waals surface area contributed by atoms with Crippen LogP contribution in [0.3, 0.4) is 0 Å². The van der Waals surface area contributed by atoms with Gasteiger partial charge in [-0.3, -0.25) is 4.79 Å². The highest BCUT2D eigenvalue weighted by molar-refractivity contribution is 7.80. The van der Waals surface area contributed by atoms with Gasteiger partial charge in [0.05, 0.1) is 22.9 Å². The molecule has 3 aromatic rings. The van der Waals surface area contributed by atoms with Crippen LogP contribution in [0.1, 0.15) is 15.4 Å². The number of carbonyl (C=O) groups is 1. The summed E-state index contributed by atoms with van der Waals surface area (Å²) >= 11 is 11.7. The highest BCUT2D eigenvalue weighted by Gasteiger charge is 2.11. The summed E-state index contributed by atoms with van der Waals surface area (Å²) in [6.07, 6.45) is 0. The van der Waals surface area contributed by atoms with Gasteiger partial charge in [0.1, 0.15) is 5.01 Å². The zero-order valence-corrected chi connectivity index (χ0v) is 14.8. The summed E-state index contributed by atoms with van der Waals surface area (Å²) in [6.45, 7) is -0.0648. The van der Waals surface area contributed by atoms with Gasteiger partial charge in [0.15, 0.2) is 0 Å². The second-order valence-corrected chi connectivity index (χ2v) is 6.85. The van der Waals surface area contributed by atoms with Gasteiger partial charge >= 0.3 is 0 Å². The Morgan fingerprint density at radius 2 is 2.00 bits per heavy atom. The Bertz CT molecular complexity index is 879. The number of hydrogen-bond acceptors (Lipinski definition) is 5. The molecule has 0 radical (unpaired) electrons. The Labute approximate surface area is 153 Å². The first-order valence-corrected chi connectivity index (χ1v) is 8.73. The molecule has 0 saturated carbocycles. The van der Waals surface area contributed by atoms with Gasteiger partial charge in [-0.25, -0.2) is 4.98 Å². The van der Waals surface area contributed by atoms with Crippen molar-refractivity contribution >= 4 is 47.2 Å². The molecule has 0 saturated heterocycles. The Morgan fingerprint density at radius 3 is 2.62 bits per heavy atom. The monoisotopic (exact) mass is 376 g/mol. The fourth-order valence-corrected chi connectivity index (χ4v) is 3.34. The first-order valence-electron chi connectivity index (χ1n) is 7.02. The number of thiazole rings is 1. The molecule has 7 heteroatoms. The van der Waals surface area contributed by atoms with Crippen molar-refractivity contribution in [2.24, 2.45) is 0 Å². The molecule has 24 heavy (non-hydrogen) atoms. The first kappa shape index (κ1) is 17.0. The van der Waals surface area contributed by atoms with Crippen molar-refractivity contribution in [2.75, 3.05) is 5.32 Å². The molecule has 0 aliphatic heterocycles. The van der Waals surface area contributed by atoms with E-state index in [1.165, 1.54) is 11.3 Å². The van der Waals surface area contributed by atoms with Crippen molar-refractivity contribution in [3.8, 4) is 11.3 Å². The lowest BCUT2D eigenvalue weighted by Gasteiger charge is -2.08. The molecular formula is C17H13ClN2O2S2. The number of hydrogen-bond donors (Lipinski definition) is 3. The molecule has 1 heterocycles. The topological polar surface area (TPSA) is 62.2 Å². The van der Waals surface area contributed by atoms with E-state index in [0.29, 0.717) is 26.2 Å². The van der Waals surface area contributed by atoms with E-state index in [0.717, 1.165) is 11.3 Å². The minimum atomic E-state index is -0.280. The number of halogens is 1. The van der Waals surface area contributed by atoms with Crippen molar-refractivity contribution in [1.29, 1.82) is 0 Å². The number of thiol groups is 1. The molecule has 0 spiro atoms. The van der Waals surface area contributed by atoms with Gasteiger partial charge in [0.25, 0.3) is 5.91 Å². The molecule has 122 valence electrons. The van der Waals surface area contributed by atoms with E-state index in [1.807, 2.05) is 17.5 Å². The second kappa shape index (κ2) is 7.36. The van der Waals surface area contributed by atoms with Crippen LogP contribution < -0.4 is 5.32 Å². The number of anilines is 1. The van der Waals surface area contributed by atoms with E-state index in [4.69, 9.17) is 16.7 Å². The highest BCUT2D eigenvalue weighted by Crippen LogP contribution is 2.25. The maximum absolute atomic E-state index is 12.3.